The summed E-state index contributed by atoms with van der Waals surface area (Å²) in [5.41, 5.74) is 1.78. The molecule has 0 bridgehead atoms. The van der Waals surface area contributed by atoms with E-state index < -0.39 is 0 Å². The summed E-state index contributed by atoms with van der Waals surface area (Å²) in [6, 6.07) is 5.52. The van der Waals surface area contributed by atoms with Crippen molar-refractivity contribution < 1.29 is 0 Å². The molecular formula is C11H6N6. The molecule has 17 heavy (non-hydrogen) atoms. The summed E-state index contributed by atoms with van der Waals surface area (Å²) < 4.78 is 1.68. The van der Waals surface area contributed by atoms with E-state index in [1.165, 1.54) is 6.33 Å². The fraction of sp³-hybridized carbons (Fsp3) is 0. The van der Waals surface area contributed by atoms with E-state index in [-0.39, 0.29) is 0 Å². The maximum atomic E-state index is 9.03. The second kappa shape index (κ2) is 3.64. The maximum Gasteiger partial charge on any atom is 0.169 e. The number of hydrogen-bond donors (Lipinski definition) is 0. The molecule has 0 aromatic carbocycles. The number of pyridine rings is 1. The molecule has 3 aromatic rings. The second-order valence-corrected chi connectivity index (χ2v) is 3.33. The highest BCUT2D eigenvalue weighted by molar-refractivity contribution is 5.71. The van der Waals surface area contributed by atoms with E-state index in [1.807, 2.05) is 0 Å². The summed E-state index contributed by atoms with van der Waals surface area (Å²) in [5, 5.41) is 9.03. The van der Waals surface area contributed by atoms with Crippen LogP contribution in [0.25, 0.3) is 17.0 Å². The Morgan fingerprint density at radius 2 is 2.18 bits per heavy atom. The molecule has 0 saturated heterocycles. The van der Waals surface area contributed by atoms with Gasteiger partial charge in [0.15, 0.2) is 11.5 Å². The summed E-state index contributed by atoms with van der Waals surface area (Å²) in [4.78, 5) is 16.4. The largest absolute Gasteiger partial charge is 0.266 e. The first-order valence-corrected chi connectivity index (χ1v) is 4.88. The van der Waals surface area contributed by atoms with E-state index >= 15 is 0 Å². The Hall–Kier alpha value is -2.81. The van der Waals surface area contributed by atoms with E-state index in [4.69, 9.17) is 5.26 Å². The Kier molecular flexibility index (Phi) is 2.02. The van der Waals surface area contributed by atoms with Gasteiger partial charge in [0.05, 0.1) is 11.8 Å². The van der Waals surface area contributed by atoms with Gasteiger partial charge < -0.3 is 0 Å². The van der Waals surface area contributed by atoms with E-state index in [0.717, 1.165) is 0 Å². The molecule has 3 heterocycles. The van der Waals surface area contributed by atoms with Gasteiger partial charge in [0.1, 0.15) is 24.2 Å². The van der Waals surface area contributed by atoms with Crippen molar-refractivity contribution in [3.05, 3.63) is 42.7 Å². The highest BCUT2D eigenvalue weighted by Gasteiger charge is 2.10. The molecule has 80 valence electrons. The monoisotopic (exact) mass is 222 g/mol. The van der Waals surface area contributed by atoms with Crippen LogP contribution in [0.15, 0.2) is 37.2 Å². The molecule has 3 aromatic heterocycles. The molecular weight excluding hydrogens is 216 g/mol. The predicted molar refractivity (Wildman–Crippen MR) is 59.2 cm³/mol. The van der Waals surface area contributed by atoms with Crippen LogP contribution >= 0.6 is 0 Å². The van der Waals surface area contributed by atoms with Gasteiger partial charge in [0, 0.05) is 6.20 Å². The van der Waals surface area contributed by atoms with Crippen molar-refractivity contribution in [2.24, 2.45) is 0 Å². The minimum atomic E-state index is 0.477. The average molecular weight is 222 g/mol. The molecule has 0 aliphatic heterocycles. The lowest BCUT2D eigenvalue weighted by molar-refractivity contribution is 0.994. The number of nitrogens with zero attached hydrogens (tertiary/aromatic N) is 6. The number of aromatic nitrogens is 5. The fourth-order valence-electron chi connectivity index (χ4n) is 1.60. The SMILES string of the molecule is N#Cc1cccnc1-n1cnc2cncnc21. The minimum absolute atomic E-state index is 0.477. The van der Waals surface area contributed by atoms with Crippen LogP contribution in [-0.2, 0) is 0 Å². The molecule has 0 saturated carbocycles. The summed E-state index contributed by atoms with van der Waals surface area (Å²) in [5.74, 6) is 0.524. The van der Waals surface area contributed by atoms with Crippen molar-refractivity contribution in [3.8, 4) is 11.9 Å². The van der Waals surface area contributed by atoms with Gasteiger partial charge in [-0.2, -0.15) is 5.26 Å². The third-order valence-corrected chi connectivity index (χ3v) is 2.35. The molecule has 0 radical (unpaired) electrons. The fourth-order valence-corrected chi connectivity index (χ4v) is 1.60. The van der Waals surface area contributed by atoms with Crippen LogP contribution in [0.5, 0.6) is 0 Å². The predicted octanol–water partition coefficient (Wildman–Crippen LogP) is 1.08. The summed E-state index contributed by atoms with van der Waals surface area (Å²) in [6.45, 7) is 0. The summed E-state index contributed by atoms with van der Waals surface area (Å²) in [7, 11) is 0. The zero-order chi connectivity index (χ0) is 11.7. The highest BCUT2D eigenvalue weighted by atomic mass is 15.2. The molecule has 6 nitrogen and oxygen atoms in total. The quantitative estimate of drug-likeness (QED) is 0.615. The lowest BCUT2D eigenvalue weighted by atomic mass is 10.3. The molecule has 6 heteroatoms. The first-order chi connectivity index (χ1) is 8.40. The number of fused-ring (bicyclic) bond motifs is 1. The van der Waals surface area contributed by atoms with Crippen molar-refractivity contribution in [3.63, 3.8) is 0 Å². The lowest BCUT2D eigenvalue weighted by Crippen LogP contribution is -2.00. The molecule has 0 spiro atoms. The van der Waals surface area contributed by atoms with Crippen molar-refractivity contribution in [1.29, 1.82) is 5.26 Å². The Morgan fingerprint density at radius 1 is 1.24 bits per heavy atom. The number of nitriles is 1. The molecule has 0 atom stereocenters. The molecule has 0 fully saturated rings. The van der Waals surface area contributed by atoms with Gasteiger partial charge in [-0.1, -0.05) is 0 Å². The van der Waals surface area contributed by atoms with Gasteiger partial charge in [0.25, 0.3) is 0 Å². The van der Waals surface area contributed by atoms with Crippen LogP contribution in [0.4, 0.5) is 0 Å². The zero-order valence-electron chi connectivity index (χ0n) is 8.65. The van der Waals surface area contributed by atoms with Gasteiger partial charge in [-0.05, 0) is 12.1 Å². The number of rotatable bonds is 1. The zero-order valence-corrected chi connectivity index (χ0v) is 8.65. The molecule has 0 aliphatic rings. The van der Waals surface area contributed by atoms with E-state index in [0.29, 0.717) is 22.5 Å². The van der Waals surface area contributed by atoms with Crippen molar-refractivity contribution >= 4 is 11.2 Å². The van der Waals surface area contributed by atoms with Crippen molar-refractivity contribution in [2.75, 3.05) is 0 Å². The second-order valence-electron chi connectivity index (χ2n) is 3.33. The van der Waals surface area contributed by atoms with E-state index in [2.05, 4.69) is 26.0 Å². The van der Waals surface area contributed by atoms with Gasteiger partial charge in [0.2, 0.25) is 0 Å². The Bertz CT molecular complexity index is 724. The van der Waals surface area contributed by atoms with Crippen LogP contribution in [0.1, 0.15) is 5.56 Å². The van der Waals surface area contributed by atoms with E-state index in [9.17, 15) is 0 Å². The van der Waals surface area contributed by atoms with Gasteiger partial charge in [-0.3, -0.25) is 4.57 Å². The van der Waals surface area contributed by atoms with Crippen LogP contribution < -0.4 is 0 Å². The van der Waals surface area contributed by atoms with Crippen molar-refractivity contribution in [2.45, 2.75) is 0 Å². The van der Waals surface area contributed by atoms with Crippen LogP contribution in [0.2, 0.25) is 0 Å². The minimum Gasteiger partial charge on any atom is -0.266 e. The van der Waals surface area contributed by atoms with Gasteiger partial charge in [-0.25, -0.2) is 19.9 Å². The smallest absolute Gasteiger partial charge is 0.169 e. The van der Waals surface area contributed by atoms with E-state index in [1.54, 1.807) is 35.4 Å². The van der Waals surface area contributed by atoms with Crippen molar-refractivity contribution in [1.82, 2.24) is 24.5 Å². The topological polar surface area (TPSA) is 80.3 Å². The first kappa shape index (κ1) is 9.42. The molecule has 3 rings (SSSR count). The molecule has 0 unspecified atom stereocenters. The van der Waals surface area contributed by atoms with Crippen LogP contribution in [0.3, 0.4) is 0 Å². The third kappa shape index (κ3) is 1.41. The Labute approximate surface area is 96.2 Å². The standard InChI is InChI=1S/C11H6N6/c12-4-8-2-1-3-14-10(8)17-7-16-9-5-13-6-15-11(9)17/h1-3,5-7H. The maximum absolute atomic E-state index is 9.03. The summed E-state index contributed by atoms with van der Waals surface area (Å²) >= 11 is 0. The Balaban J connectivity index is 2.32. The number of hydrogen-bond acceptors (Lipinski definition) is 5. The molecule has 0 amide bonds. The normalized spacial score (nSPS) is 10.3. The van der Waals surface area contributed by atoms with Crippen LogP contribution in [-0.4, -0.2) is 24.5 Å². The number of imidazole rings is 1. The molecule has 0 aliphatic carbocycles. The third-order valence-electron chi connectivity index (χ3n) is 2.35. The van der Waals surface area contributed by atoms with Crippen LogP contribution in [0, 0.1) is 11.3 Å². The first-order valence-electron chi connectivity index (χ1n) is 4.88. The lowest BCUT2D eigenvalue weighted by Gasteiger charge is -2.03. The average Bonchev–Trinajstić information content (AvgIpc) is 2.82. The molecule has 0 N–H and O–H groups in total. The van der Waals surface area contributed by atoms with Gasteiger partial charge in [-0.15, -0.1) is 0 Å². The highest BCUT2D eigenvalue weighted by Crippen LogP contribution is 2.15. The summed E-state index contributed by atoms with van der Waals surface area (Å²) in [6.07, 6.45) is 6.27. The Morgan fingerprint density at radius 3 is 3.06 bits per heavy atom. The van der Waals surface area contributed by atoms with Gasteiger partial charge >= 0.3 is 0 Å².